The Hall–Kier alpha value is -3.99. The lowest BCUT2D eigenvalue weighted by Crippen LogP contribution is -2.46. The molecule has 1 fully saturated rings. The lowest BCUT2D eigenvalue weighted by molar-refractivity contribution is 0.000545. The quantitative estimate of drug-likeness (QED) is 0.318. The van der Waals surface area contributed by atoms with Crippen LogP contribution in [-0.2, 0) is 4.74 Å². The summed E-state index contributed by atoms with van der Waals surface area (Å²) in [7, 11) is 0. The van der Waals surface area contributed by atoms with Crippen molar-refractivity contribution in [1.29, 1.82) is 0 Å². The molecular formula is C29H29N5O4S. The molecule has 0 aliphatic carbocycles. The van der Waals surface area contributed by atoms with Crippen LogP contribution in [0, 0.1) is 6.92 Å². The van der Waals surface area contributed by atoms with Crippen LogP contribution in [0.15, 0.2) is 60.8 Å². The first-order valence-corrected chi connectivity index (χ1v) is 13.8. The van der Waals surface area contributed by atoms with Gasteiger partial charge in [0.15, 0.2) is 0 Å². The number of thiophene rings is 1. The minimum absolute atomic E-state index is 0.216. The molecule has 0 spiro atoms. The molecule has 2 aromatic carbocycles. The number of hydrogen-bond donors (Lipinski definition) is 2. The molecule has 200 valence electrons. The van der Waals surface area contributed by atoms with Crippen LogP contribution >= 0.6 is 11.3 Å². The molecule has 1 saturated heterocycles. The van der Waals surface area contributed by atoms with Gasteiger partial charge in [0.25, 0.3) is 5.91 Å². The molecule has 2 aromatic heterocycles. The summed E-state index contributed by atoms with van der Waals surface area (Å²) in [5.41, 5.74) is 2.80. The van der Waals surface area contributed by atoms with Gasteiger partial charge in [0.2, 0.25) is 0 Å². The molecule has 0 bridgehead atoms. The first-order valence-electron chi connectivity index (χ1n) is 13.0. The number of ether oxygens (including phenoxy) is 2. The number of benzene rings is 2. The summed E-state index contributed by atoms with van der Waals surface area (Å²) in [6.45, 7) is 7.57. The van der Waals surface area contributed by atoms with Crippen LogP contribution in [0.4, 0.5) is 21.9 Å². The van der Waals surface area contributed by atoms with Crippen molar-refractivity contribution in [2.45, 2.75) is 19.9 Å². The molecule has 4 aromatic rings. The Balaban J connectivity index is 1.25. The average Bonchev–Trinajstić information content (AvgIpc) is 3.31. The van der Waals surface area contributed by atoms with Gasteiger partial charge in [0.05, 0.1) is 35.7 Å². The number of urea groups is 1. The van der Waals surface area contributed by atoms with Crippen molar-refractivity contribution in [1.82, 2.24) is 15.2 Å². The third-order valence-electron chi connectivity index (χ3n) is 7.03. The number of anilines is 3. The number of aromatic nitrogens is 1. The van der Waals surface area contributed by atoms with E-state index >= 15 is 0 Å². The lowest BCUT2D eigenvalue weighted by Gasteiger charge is -2.33. The van der Waals surface area contributed by atoms with Gasteiger partial charge in [-0.15, -0.1) is 11.3 Å². The maximum Gasteiger partial charge on any atom is 0.331 e. The van der Waals surface area contributed by atoms with E-state index in [2.05, 4.69) is 27.4 Å². The Bertz CT molecular complexity index is 1540. The smallest absolute Gasteiger partial charge is 0.331 e. The molecule has 0 unspecified atom stereocenters. The molecule has 2 aliphatic heterocycles. The van der Waals surface area contributed by atoms with Gasteiger partial charge in [-0.25, -0.2) is 9.78 Å². The number of carbonyl (C=O) groups is 2. The fraction of sp³-hybridized carbons (Fsp3) is 0.276. The van der Waals surface area contributed by atoms with Crippen molar-refractivity contribution in [2.24, 2.45) is 0 Å². The van der Waals surface area contributed by atoms with Crippen molar-refractivity contribution in [3.05, 3.63) is 71.2 Å². The molecule has 0 radical (unpaired) electrons. The number of para-hydroxylation sites is 1. The van der Waals surface area contributed by atoms with Gasteiger partial charge >= 0.3 is 6.03 Å². The molecule has 0 saturated carbocycles. The largest absolute Gasteiger partial charge is 0.457 e. The van der Waals surface area contributed by atoms with E-state index in [0.29, 0.717) is 52.6 Å². The molecule has 2 aliphatic rings. The van der Waals surface area contributed by atoms with Gasteiger partial charge in [-0.3, -0.25) is 14.6 Å². The number of rotatable bonds is 7. The summed E-state index contributed by atoms with van der Waals surface area (Å²) < 4.78 is 11.5. The second kappa shape index (κ2) is 10.6. The number of nitrogens with one attached hydrogen (secondary N) is 2. The first-order chi connectivity index (χ1) is 19.0. The maximum atomic E-state index is 13.5. The van der Waals surface area contributed by atoms with Crippen LogP contribution < -0.4 is 20.3 Å². The minimum atomic E-state index is -0.329. The molecule has 39 heavy (non-hydrogen) atoms. The first kappa shape index (κ1) is 25.3. The Morgan fingerprint density at radius 3 is 2.82 bits per heavy atom. The molecule has 2 N–H and O–H groups in total. The highest BCUT2D eigenvalue weighted by molar-refractivity contribution is 7.21. The number of hydrogen-bond acceptors (Lipinski definition) is 7. The summed E-state index contributed by atoms with van der Waals surface area (Å²) >= 11 is 1.29. The van der Waals surface area contributed by atoms with E-state index in [1.165, 1.54) is 11.3 Å². The van der Waals surface area contributed by atoms with Crippen molar-refractivity contribution >= 4 is 50.6 Å². The van der Waals surface area contributed by atoms with E-state index in [9.17, 15) is 9.59 Å². The summed E-state index contributed by atoms with van der Waals surface area (Å²) in [5.74, 6) is 1.21. The average molecular weight is 544 g/mol. The van der Waals surface area contributed by atoms with Crippen molar-refractivity contribution < 1.29 is 19.1 Å². The van der Waals surface area contributed by atoms with Crippen LogP contribution in [0.2, 0.25) is 0 Å². The van der Waals surface area contributed by atoms with E-state index in [1.807, 2.05) is 61.5 Å². The van der Waals surface area contributed by atoms with Gasteiger partial charge < -0.3 is 20.1 Å². The Labute approximate surface area is 230 Å². The highest BCUT2D eigenvalue weighted by Gasteiger charge is 2.33. The van der Waals surface area contributed by atoms with Crippen molar-refractivity contribution in [3.63, 3.8) is 0 Å². The van der Waals surface area contributed by atoms with Crippen molar-refractivity contribution in [2.75, 3.05) is 43.1 Å². The highest BCUT2D eigenvalue weighted by Crippen LogP contribution is 2.46. The number of carbonyl (C=O) groups excluding carboxylic acids is 2. The lowest BCUT2D eigenvalue weighted by atomic mass is 10.1. The van der Waals surface area contributed by atoms with Gasteiger partial charge in [-0.1, -0.05) is 18.2 Å². The second-order valence-electron chi connectivity index (χ2n) is 9.66. The number of morpholine rings is 1. The summed E-state index contributed by atoms with van der Waals surface area (Å²) in [5, 5.41) is 6.75. The zero-order valence-corrected chi connectivity index (χ0v) is 22.6. The van der Waals surface area contributed by atoms with Gasteiger partial charge in [-0.2, -0.15) is 0 Å². The number of amides is 3. The molecule has 10 heteroatoms. The van der Waals surface area contributed by atoms with Gasteiger partial charge in [0, 0.05) is 31.9 Å². The number of aryl methyl sites for hydroxylation is 1. The molecule has 9 nitrogen and oxygen atoms in total. The third-order valence-corrected chi connectivity index (χ3v) is 8.13. The predicted molar refractivity (Wildman–Crippen MR) is 153 cm³/mol. The standard InChI is InChI=1S/C29H29N5O4S/c1-18-16-21(38-20-6-4-3-5-7-20)8-9-22(18)34-23-10-11-31-28-24(23)25(32-29(34)36)26(39-28)27(35)30-12-13-33-14-15-37-17-19(33)2/h3-11,16,19H,12-15,17H2,1-2H3,(H,30,35)(H,32,36)/t19-/m0/s1. The van der Waals surface area contributed by atoms with Gasteiger partial charge in [-0.05, 0) is 55.8 Å². The Morgan fingerprint density at radius 1 is 1.18 bits per heavy atom. The molecule has 6 rings (SSSR count). The van der Waals surface area contributed by atoms with E-state index in [-0.39, 0.29) is 11.9 Å². The molecule has 1 atom stereocenters. The van der Waals surface area contributed by atoms with Crippen LogP contribution in [0.3, 0.4) is 0 Å². The van der Waals surface area contributed by atoms with E-state index in [0.717, 1.165) is 35.5 Å². The Morgan fingerprint density at radius 2 is 2.03 bits per heavy atom. The van der Waals surface area contributed by atoms with Crippen molar-refractivity contribution in [3.8, 4) is 11.5 Å². The van der Waals surface area contributed by atoms with E-state index in [4.69, 9.17) is 9.47 Å². The van der Waals surface area contributed by atoms with E-state index < -0.39 is 0 Å². The fourth-order valence-electron chi connectivity index (χ4n) is 5.04. The predicted octanol–water partition coefficient (Wildman–Crippen LogP) is 5.53. The summed E-state index contributed by atoms with van der Waals surface area (Å²) in [6.07, 6.45) is 1.67. The normalized spacial score (nSPS) is 17.2. The Kier molecular flexibility index (Phi) is 6.90. The van der Waals surface area contributed by atoms with Crippen LogP contribution in [0.25, 0.3) is 10.2 Å². The summed E-state index contributed by atoms with van der Waals surface area (Å²) in [6, 6.07) is 17.0. The SMILES string of the molecule is Cc1cc(Oc2ccccc2)ccc1N1C(=O)Nc2c(C(=O)NCCN3CCOC[C@@H]3C)sc3nccc1c23. The zero-order chi connectivity index (χ0) is 26.9. The highest BCUT2D eigenvalue weighted by atomic mass is 32.1. The topological polar surface area (TPSA) is 96.0 Å². The molecule has 4 heterocycles. The minimum Gasteiger partial charge on any atom is -0.457 e. The van der Waals surface area contributed by atoms with Crippen LogP contribution in [-0.4, -0.2) is 60.7 Å². The number of nitrogens with zero attached hydrogens (tertiary/aromatic N) is 3. The molecular weight excluding hydrogens is 514 g/mol. The monoisotopic (exact) mass is 543 g/mol. The van der Waals surface area contributed by atoms with E-state index in [1.54, 1.807) is 11.1 Å². The third kappa shape index (κ3) is 4.94. The molecule has 3 amide bonds. The number of pyridine rings is 1. The zero-order valence-electron chi connectivity index (χ0n) is 21.8. The fourth-order valence-corrected chi connectivity index (χ4v) is 6.07. The maximum absolute atomic E-state index is 13.5. The second-order valence-corrected chi connectivity index (χ2v) is 10.7. The van der Waals surface area contributed by atoms with Gasteiger partial charge in [0.1, 0.15) is 21.2 Å². The summed E-state index contributed by atoms with van der Waals surface area (Å²) in [4.78, 5) is 36.3. The van der Waals surface area contributed by atoms with Crippen LogP contribution in [0.1, 0.15) is 22.2 Å². The van der Waals surface area contributed by atoms with Crippen LogP contribution in [0.5, 0.6) is 11.5 Å².